The number of nitrogens with zero attached hydrogens (tertiary/aromatic N) is 2. The van der Waals surface area contributed by atoms with Gasteiger partial charge in [0.05, 0.1) is 0 Å². The molecule has 1 aliphatic rings. The van der Waals surface area contributed by atoms with Crippen molar-refractivity contribution in [2.24, 2.45) is 0 Å². The van der Waals surface area contributed by atoms with Crippen molar-refractivity contribution < 1.29 is 0 Å². The van der Waals surface area contributed by atoms with Crippen LogP contribution in [0.2, 0.25) is 0 Å². The molecule has 0 aromatic rings. The number of rotatable bonds is 0. The van der Waals surface area contributed by atoms with E-state index in [1.807, 2.05) is 4.90 Å². The minimum Gasteiger partial charge on any atom is -0.308 e. The Morgan fingerprint density at radius 2 is 2.50 bits per heavy atom. The van der Waals surface area contributed by atoms with Crippen LogP contribution in [0, 0.1) is 11.5 Å². The van der Waals surface area contributed by atoms with Crippen LogP contribution in [0.25, 0.3) is 0 Å². The summed E-state index contributed by atoms with van der Waals surface area (Å²) < 4.78 is 0. The minimum absolute atomic E-state index is 0.500. The van der Waals surface area contributed by atoms with Crippen molar-refractivity contribution in [2.75, 3.05) is 6.54 Å². The lowest BCUT2D eigenvalue weighted by atomic mass is 10.2. The maximum absolute atomic E-state index is 8.41. The van der Waals surface area contributed by atoms with Gasteiger partial charge in [-0.1, -0.05) is 0 Å². The zero-order valence-corrected chi connectivity index (χ0v) is 5.09. The topological polar surface area (TPSA) is 27.0 Å². The second-order valence-corrected chi connectivity index (χ2v) is 2.28. The van der Waals surface area contributed by atoms with Crippen LogP contribution in [-0.2, 0) is 0 Å². The summed E-state index contributed by atoms with van der Waals surface area (Å²) in [5.74, 6) is 0. The van der Waals surface area contributed by atoms with Gasteiger partial charge < -0.3 is 4.90 Å². The van der Waals surface area contributed by atoms with Crippen molar-refractivity contribution in [3.05, 3.63) is 0 Å². The van der Waals surface area contributed by atoms with Gasteiger partial charge in [0, 0.05) is 12.6 Å². The Morgan fingerprint density at radius 1 is 1.75 bits per heavy atom. The highest BCUT2D eigenvalue weighted by molar-refractivity contribution is 4.84. The van der Waals surface area contributed by atoms with Crippen LogP contribution in [0.4, 0.5) is 0 Å². The molecule has 0 aromatic carbocycles. The zero-order valence-electron chi connectivity index (χ0n) is 5.09. The van der Waals surface area contributed by atoms with Crippen LogP contribution < -0.4 is 0 Å². The van der Waals surface area contributed by atoms with Crippen LogP contribution in [0.5, 0.6) is 0 Å². The molecule has 0 amide bonds. The SMILES string of the molecule is CC1CCCN1C#N. The lowest BCUT2D eigenvalue weighted by molar-refractivity contribution is 0.388. The molecule has 2 nitrogen and oxygen atoms in total. The predicted octanol–water partition coefficient (Wildman–Crippen LogP) is 0.952. The molecule has 0 N–H and O–H groups in total. The molecule has 1 fully saturated rings. The number of nitriles is 1. The first kappa shape index (κ1) is 5.43. The third-order valence-electron chi connectivity index (χ3n) is 1.68. The Morgan fingerprint density at radius 3 is 2.75 bits per heavy atom. The molecule has 1 aliphatic heterocycles. The molecule has 0 spiro atoms. The summed E-state index contributed by atoms with van der Waals surface area (Å²) in [6.45, 7) is 3.06. The van der Waals surface area contributed by atoms with E-state index >= 15 is 0 Å². The van der Waals surface area contributed by atoms with Crippen LogP contribution in [0.15, 0.2) is 0 Å². The smallest absolute Gasteiger partial charge is 0.179 e. The average Bonchev–Trinajstić information content (AvgIpc) is 2.14. The quantitative estimate of drug-likeness (QED) is 0.434. The molecule has 1 unspecified atom stereocenters. The summed E-state index contributed by atoms with van der Waals surface area (Å²) in [6, 6.07) is 0.500. The lowest BCUT2D eigenvalue weighted by Crippen LogP contribution is -2.20. The summed E-state index contributed by atoms with van der Waals surface area (Å²) in [7, 11) is 0. The van der Waals surface area contributed by atoms with E-state index in [2.05, 4.69) is 13.1 Å². The maximum atomic E-state index is 8.41. The molecule has 1 atom stereocenters. The predicted molar refractivity (Wildman–Crippen MR) is 31.0 cm³/mol. The van der Waals surface area contributed by atoms with Gasteiger partial charge in [-0.05, 0) is 19.8 Å². The summed E-state index contributed by atoms with van der Waals surface area (Å²) in [5, 5.41) is 8.41. The molecule has 0 bridgehead atoms. The molecular weight excluding hydrogens is 100 g/mol. The van der Waals surface area contributed by atoms with Gasteiger partial charge in [-0.15, -0.1) is 0 Å². The van der Waals surface area contributed by atoms with E-state index in [0.29, 0.717) is 6.04 Å². The number of hydrogen-bond donors (Lipinski definition) is 0. The lowest BCUT2D eigenvalue weighted by Gasteiger charge is -2.10. The fourth-order valence-corrected chi connectivity index (χ4v) is 1.08. The molecule has 0 aromatic heterocycles. The monoisotopic (exact) mass is 110 g/mol. The van der Waals surface area contributed by atoms with Crippen LogP contribution in [0.3, 0.4) is 0 Å². The molecule has 44 valence electrons. The van der Waals surface area contributed by atoms with Crippen LogP contribution >= 0.6 is 0 Å². The van der Waals surface area contributed by atoms with E-state index in [1.54, 1.807) is 0 Å². The highest BCUT2D eigenvalue weighted by atomic mass is 15.2. The van der Waals surface area contributed by atoms with E-state index in [0.717, 1.165) is 6.54 Å². The molecule has 1 saturated heterocycles. The van der Waals surface area contributed by atoms with Gasteiger partial charge in [0.2, 0.25) is 0 Å². The first-order valence-electron chi connectivity index (χ1n) is 3.01. The van der Waals surface area contributed by atoms with Crippen molar-refractivity contribution in [2.45, 2.75) is 25.8 Å². The third-order valence-corrected chi connectivity index (χ3v) is 1.68. The van der Waals surface area contributed by atoms with Crippen LogP contribution in [-0.4, -0.2) is 17.5 Å². The summed E-state index contributed by atoms with van der Waals surface area (Å²) in [5.41, 5.74) is 0. The molecule has 0 saturated carbocycles. The third kappa shape index (κ3) is 0.764. The van der Waals surface area contributed by atoms with Crippen molar-refractivity contribution in [3.63, 3.8) is 0 Å². The summed E-state index contributed by atoms with van der Waals surface area (Å²) in [6.07, 6.45) is 4.52. The second-order valence-electron chi connectivity index (χ2n) is 2.28. The Labute approximate surface area is 49.7 Å². The molecule has 1 rings (SSSR count). The average molecular weight is 110 g/mol. The molecule has 1 heterocycles. The first-order valence-corrected chi connectivity index (χ1v) is 3.01. The Bertz CT molecular complexity index is 114. The van der Waals surface area contributed by atoms with Gasteiger partial charge in [0.25, 0.3) is 0 Å². The highest BCUT2D eigenvalue weighted by Crippen LogP contribution is 2.13. The van der Waals surface area contributed by atoms with Gasteiger partial charge in [0.15, 0.2) is 6.19 Å². The largest absolute Gasteiger partial charge is 0.308 e. The summed E-state index contributed by atoms with van der Waals surface area (Å²) >= 11 is 0. The molecule has 2 heteroatoms. The maximum Gasteiger partial charge on any atom is 0.179 e. The zero-order chi connectivity index (χ0) is 5.98. The second kappa shape index (κ2) is 2.04. The van der Waals surface area contributed by atoms with Gasteiger partial charge in [-0.2, -0.15) is 5.26 Å². The first-order chi connectivity index (χ1) is 3.84. The van der Waals surface area contributed by atoms with Crippen molar-refractivity contribution in [1.29, 1.82) is 5.26 Å². The Hall–Kier alpha value is -0.710. The van der Waals surface area contributed by atoms with E-state index in [9.17, 15) is 0 Å². The van der Waals surface area contributed by atoms with Gasteiger partial charge >= 0.3 is 0 Å². The fraction of sp³-hybridized carbons (Fsp3) is 0.833. The van der Waals surface area contributed by atoms with Crippen LogP contribution in [0.1, 0.15) is 19.8 Å². The van der Waals surface area contributed by atoms with Gasteiger partial charge in [0.1, 0.15) is 0 Å². The highest BCUT2D eigenvalue weighted by Gasteiger charge is 2.17. The van der Waals surface area contributed by atoms with Gasteiger partial charge in [-0.25, -0.2) is 0 Å². The minimum atomic E-state index is 0.500. The van der Waals surface area contributed by atoms with Crippen molar-refractivity contribution in [1.82, 2.24) is 4.90 Å². The molecule has 0 aliphatic carbocycles. The van der Waals surface area contributed by atoms with E-state index < -0.39 is 0 Å². The van der Waals surface area contributed by atoms with Crippen molar-refractivity contribution >= 4 is 0 Å². The fourth-order valence-electron chi connectivity index (χ4n) is 1.08. The van der Waals surface area contributed by atoms with E-state index in [-0.39, 0.29) is 0 Å². The normalized spacial score (nSPS) is 28.0. The van der Waals surface area contributed by atoms with E-state index in [4.69, 9.17) is 5.26 Å². The standard InChI is InChI=1S/C6H10N2/c1-6-3-2-4-8(6)5-7/h6H,2-4H2,1H3. The Balaban J connectivity index is 2.45. The van der Waals surface area contributed by atoms with Gasteiger partial charge in [-0.3, -0.25) is 0 Å². The Kier molecular flexibility index (Phi) is 1.38. The van der Waals surface area contributed by atoms with E-state index in [1.165, 1.54) is 12.8 Å². The number of likely N-dealkylation sites (tertiary alicyclic amines) is 1. The molecular formula is C6H10N2. The molecule has 0 radical (unpaired) electrons. The summed E-state index contributed by atoms with van der Waals surface area (Å²) in [4.78, 5) is 1.83. The number of hydrogen-bond acceptors (Lipinski definition) is 2. The van der Waals surface area contributed by atoms with Crippen molar-refractivity contribution in [3.8, 4) is 6.19 Å². The molecule has 8 heavy (non-hydrogen) atoms.